The molecule has 1 aromatic heterocycles. The van der Waals surface area contributed by atoms with E-state index in [4.69, 9.17) is 11.6 Å². The number of rotatable bonds is 7. The summed E-state index contributed by atoms with van der Waals surface area (Å²) in [7, 11) is 0. The zero-order chi connectivity index (χ0) is 20.1. The first kappa shape index (κ1) is 20.4. The molecule has 0 saturated heterocycles. The third-order valence-electron chi connectivity index (χ3n) is 4.50. The number of amides is 1. The van der Waals surface area contributed by atoms with Crippen LogP contribution >= 0.6 is 23.4 Å². The van der Waals surface area contributed by atoms with E-state index in [2.05, 4.69) is 34.6 Å². The summed E-state index contributed by atoms with van der Waals surface area (Å²) in [5, 5.41) is 13.0. The van der Waals surface area contributed by atoms with Crippen molar-refractivity contribution in [2.75, 3.05) is 0 Å². The van der Waals surface area contributed by atoms with Crippen LogP contribution in [0.25, 0.3) is 5.69 Å². The van der Waals surface area contributed by atoms with E-state index in [1.165, 1.54) is 11.1 Å². The van der Waals surface area contributed by atoms with Gasteiger partial charge in [0.15, 0.2) is 11.0 Å². The average molecular weight is 415 g/mol. The minimum atomic E-state index is -0.0218. The van der Waals surface area contributed by atoms with E-state index in [0.717, 1.165) is 22.2 Å². The highest BCUT2D eigenvalue weighted by atomic mass is 35.5. The number of aromatic nitrogens is 3. The van der Waals surface area contributed by atoms with Gasteiger partial charge in [0.25, 0.3) is 0 Å². The van der Waals surface area contributed by atoms with Crippen LogP contribution in [0.3, 0.4) is 0 Å². The van der Waals surface area contributed by atoms with E-state index in [1.807, 2.05) is 48.7 Å². The maximum atomic E-state index is 11.7. The van der Waals surface area contributed by atoms with Gasteiger partial charge >= 0.3 is 0 Å². The van der Waals surface area contributed by atoms with E-state index in [-0.39, 0.29) is 5.91 Å². The van der Waals surface area contributed by atoms with Gasteiger partial charge in [0, 0.05) is 17.2 Å². The van der Waals surface area contributed by atoms with Crippen molar-refractivity contribution < 1.29 is 4.79 Å². The van der Waals surface area contributed by atoms with Crippen LogP contribution in [0.5, 0.6) is 0 Å². The van der Waals surface area contributed by atoms with Crippen molar-refractivity contribution >= 4 is 29.3 Å². The van der Waals surface area contributed by atoms with Crippen LogP contribution in [0.1, 0.15) is 35.9 Å². The van der Waals surface area contributed by atoms with Crippen molar-refractivity contribution in [1.82, 2.24) is 20.1 Å². The Balaban J connectivity index is 1.95. The number of aryl methyl sites for hydroxylation is 2. The van der Waals surface area contributed by atoms with Gasteiger partial charge in [-0.25, -0.2) is 0 Å². The smallest absolute Gasteiger partial charge is 0.220 e. The number of hydrogen-bond acceptors (Lipinski definition) is 4. The Bertz CT molecular complexity index is 986. The van der Waals surface area contributed by atoms with Crippen molar-refractivity contribution in [3.63, 3.8) is 0 Å². The van der Waals surface area contributed by atoms with E-state index >= 15 is 0 Å². The zero-order valence-electron chi connectivity index (χ0n) is 16.2. The van der Waals surface area contributed by atoms with Gasteiger partial charge in [-0.1, -0.05) is 60.6 Å². The number of halogens is 1. The van der Waals surface area contributed by atoms with Crippen LogP contribution in [-0.2, 0) is 17.1 Å². The van der Waals surface area contributed by atoms with Gasteiger partial charge in [-0.2, -0.15) is 0 Å². The molecule has 7 heteroatoms. The first-order valence-electron chi connectivity index (χ1n) is 9.14. The first-order valence-corrected chi connectivity index (χ1v) is 10.5. The number of benzene rings is 2. The van der Waals surface area contributed by atoms with Crippen LogP contribution < -0.4 is 5.32 Å². The minimum Gasteiger partial charge on any atom is -0.349 e. The maximum absolute atomic E-state index is 11.7. The Labute approximate surface area is 174 Å². The molecule has 0 aliphatic carbocycles. The molecule has 0 spiro atoms. The lowest BCUT2D eigenvalue weighted by atomic mass is 10.1. The van der Waals surface area contributed by atoms with Gasteiger partial charge < -0.3 is 5.32 Å². The Kier molecular flexibility index (Phi) is 6.75. The van der Waals surface area contributed by atoms with Gasteiger partial charge in [-0.05, 0) is 42.7 Å². The highest BCUT2D eigenvalue weighted by Crippen LogP contribution is 2.29. The van der Waals surface area contributed by atoms with Crippen LogP contribution in [0.4, 0.5) is 0 Å². The number of nitrogens with zero attached hydrogens (tertiary/aromatic N) is 3. The Morgan fingerprint density at radius 2 is 1.93 bits per heavy atom. The van der Waals surface area contributed by atoms with Crippen LogP contribution in [0, 0.1) is 13.8 Å². The lowest BCUT2D eigenvalue weighted by Crippen LogP contribution is -2.23. The monoisotopic (exact) mass is 414 g/mol. The van der Waals surface area contributed by atoms with Crippen molar-refractivity contribution in [2.24, 2.45) is 0 Å². The number of carbonyl (C=O) groups excluding carboxylic acids is 1. The highest BCUT2D eigenvalue weighted by molar-refractivity contribution is 7.98. The molecule has 0 saturated carbocycles. The molecule has 1 amide bonds. The van der Waals surface area contributed by atoms with Gasteiger partial charge in [0.2, 0.25) is 5.91 Å². The van der Waals surface area contributed by atoms with Crippen LogP contribution in [0.15, 0.2) is 47.6 Å². The molecule has 28 heavy (non-hydrogen) atoms. The second kappa shape index (κ2) is 9.26. The van der Waals surface area contributed by atoms with E-state index < -0.39 is 0 Å². The molecule has 0 aliphatic rings. The second-order valence-corrected chi connectivity index (χ2v) is 7.89. The number of nitrogens with one attached hydrogen (secondary N) is 1. The molecule has 0 fully saturated rings. The lowest BCUT2D eigenvalue weighted by molar-refractivity contribution is -0.120. The molecule has 146 valence electrons. The minimum absolute atomic E-state index is 0.0218. The average Bonchev–Trinajstić information content (AvgIpc) is 3.10. The van der Waals surface area contributed by atoms with Crippen molar-refractivity contribution in [2.45, 2.75) is 44.6 Å². The van der Waals surface area contributed by atoms with Gasteiger partial charge in [0.05, 0.1) is 12.2 Å². The predicted molar refractivity (Wildman–Crippen MR) is 114 cm³/mol. The second-order valence-electron chi connectivity index (χ2n) is 6.51. The van der Waals surface area contributed by atoms with E-state index in [0.29, 0.717) is 23.8 Å². The summed E-state index contributed by atoms with van der Waals surface area (Å²) in [4.78, 5) is 11.7. The first-order chi connectivity index (χ1) is 13.5. The fraction of sp³-hybridized carbons (Fsp3) is 0.286. The summed E-state index contributed by atoms with van der Waals surface area (Å²) in [5.74, 6) is 1.44. The zero-order valence-corrected chi connectivity index (χ0v) is 17.8. The fourth-order valence-electron chi connectivity index (χ4n) is 2.79. The standard InChI is InChI=1S/C21H23ClN4OS/c1-4-20(27)23-12-19-24-25-21(28-13-16-8-6-5-7-14(16)2)26(19)18-11-17(22)10-9-15(18)3/h5-11H,4,12-13H2,1-3H3,(H,23,27). The Morgan fingerprint density at radius 3 is 2.68 bits per heavy atom. The molecular formula is C21H23ClN4OS. The molecule has 5 nitrogen and oxygen atoms in total. The molecule has 2 aromatic carbocycles. The SMILES string of the molecule is CCC(=O)NCc1nnc(SCc2ccccc2C)n1-c1cc(Cl)ccc1C. The summed E-state index contributed by atoms with van der Waals surface area (Å²) >= 11 is 7.87. The molecule has 0 atom stereocenters. The molecule has 3 aromatic rings. The summed E-state index contributed by atoms with van der Waals surface area (Å²) in [6.07, 6.45) is 0.430. The number of hydrogen-bond donors (Lipinski definition) is 1. The number of thioether (sulfide) groups is 1. The van der Waals surface area contributed by atoms with Gasteiger partial charge in [0.1, 0.15) is 0 Å². The normalized spacial score (nSPS) is 10.9. The molecule has 0 aliphatic heterocycles. The Hall–Kier alpha value is -2.31. The summed E-state index contributed by atoms with van der Waals surface area (Å²) in [5.41, 5.74) is 4.48. The molecule has 0 unspecified atom stereocenters. The van der Waals surface area contributed by atoms with E-state index in [1.54, 1.807) is 11.8 Å². The van der Waals surface area contributed by atoms with Gasteiger partial charge in [-0.3, -0.25) is 9.36 Å². The summed E-state index contributed by atoms with van der Waals surface area (Å²) < 4.78 is 1.99. The highest BCUT2D eigenvalue weighted by Gasteiger charge is 2.17. The quantitative estimate of drug-likeness (QED) is 0.561. The molecule has 0 bridgehead atoms. The van der Waals surface area contributed by atoms with E-state index in [9.17, 15) is 4.79 Å². The third-order valence-corrected chi connectivity index (χ3v) is 5.71. The largest absolute Gasteiger partial charge is 0.349 e. The topological polar surface area (TPSA) is 59.8 Å². The summed E-state index contributed by atoms with van der Waals surface area (Å²) in [6.45, 7) is 6.27. The van der Waals surface area contributed by atoms with Crippen molar-refractivity contribution in [3.05, 3.63) is 70.0 Å². The van der Waals surface area contributed by atoms with Crippen LogP contribution in [0.2, 0.25) is 5.02 Å². The van der Waals surface area contributed by atoms with Crippen molar-refractivity contribution in [1.29, 1.82) is 0 Å². The molecular weight excluding hydrogens is 392 g/mol. The molecule has 3 rings (SSSR count). The molecule has 1 heterocycles. The predicted octanol–water partition coefficient (Wildman–Crippen LogP) is 4.86. The number of carbonyl (C=O) groups is 1. The van der Waals surface area contributed by atoms with Crippen molar-refractivity contribution in [3.8, 4) is 5.69 Å². The maximum Gasteiger partial charge on any atom is 0.220 e. The third kappa shape index (κ3) is 4.75. The fourth-order valence-corrected chi connectivity index (χ4v) is 4.00. The lowest BCUT2D eigenvalue weighted by Gasteiger charge is -2.14. The molecule has 0 radical (unpaired) electrons. The van der Waals surface area contributed by atoms with Gasteiger partial charge in [-0.15, -0.1) is 10.2 Å². The Morgan fingerprint density at radius 1 is 1.14 bits per heavy atom. The van der Waals surface area contributed by atoms with Crippen LogP contribution in [-0.4, -0.2) is 20.7 Å². The summed E-state index contributed by atoms with van der Waals surface area (Å²) in [6, 6.07) is 14.0. The molecule has 1 N–H and O–H groups in total.